The van der Waals surface area contributed by atoms with Gasteiger partial charge in [-0.2, -0.15) is 0 Å². The van der Waals surface area contributed by atoms with Crippen LogP contribution in [0.1, 0.15) is 65.0 Å². The molecule has 0 heterocycles. The summed E-state index contributed by atoms with van der Waals surface area (Å²) in [6, 6.07) is 12.1. The van der Waals surface area contributed by atoms with Gasteiger partial charge in [0.15, 0.2) is 6.61 Å². The van der Waals surface area contributed by atoms with Gasteiger partial charge in [0.1, 0.15) is 11.8 Å². The Kier molecular flexibility index (Phi) is 9.62. The van der Waals surface area contributed by atoms with Crippen molar-refractivity contribution in [2.45, 2.75) is 72.0 Å². The Labute approximate surface area is 207 Å². The fourth-order valence-corrected chi connectivity index (χ4v) is 3.92. The number of amides is 2. The second-order valence-electron chi connectivity index (χ2n) is 9.40. The van der Waals surface area contributed by atoms with Gasteiger partial charge in [0.05, 0.1) is 0 Å². The Balaban J connectivity index is 2.28. The summed E-state index contributed by atoms with van der Waals surface area (Å²) in [6.07, 6.45) is 0.429. The maximum Gasteiger partial charge on any atom is 0.261 e. The predicted molar refractivity (Wildman–Crippen MR) is 135 cm³/mol. The second kappa shape index (κ2) is 11.8. The van der Waals surface area contributed by atoms with Gasteiger partial charge in [-0.1, -0.05) is 62.2 Å². The van der Waals surface area contributed by atoms with Gasteiger partial charge in [-0.05, 0) is 62.9 Å². The molecular formula is C26H34Cl2N2O3. The number of benzene rings is 2. The van der Waals surface area contributed by atoms with Crippen LogP contribution in [0.3, 0.4) is 0 Å². The number of hydrogen-bond donors (Lipinski definition) is 1. The fourth-order valence-electron chi connectivity index (χ4n) is 3.40. The lowest BCUT2D eigenvalue weighted by molar-refractivity contribution is -0.143. The molecule has 2 rings (SSSR count). The molecule has 0 spiro atoms. The molecular weight excluding hydrogens is 459 g/mol. The minimum Gasteiger partial charge on any atom is -0.484 e. The lowest BCUT2D eigenvalue weighted by Crippen LogP contribution is -2.54. The summed E-state index contributed by atoms with van der Waals surface area (Å²) < 4.78 is 5.77. The van der Waals surface area contributed by atoms with Crippen molar-refractivity contribution in [3.8, 4) is 5.75 Å². The zero-order valence-corrected chi connectivity index (χ0v) is 21.8. The van der Waals surface area contributed by atoms with Crippen molar-refractivity contribution in [1.82, 2.24) is 10.2 Å². The number of nitrogens with zero attached hydrogens (tertiary/aromatic N) is 1. The van der Waals surface area contributed by atoms with E-state index >= 15 is 0 Å². The van der Waals surface area contributed by atoms with E-state index in [9.17, 15) is 9.59 Å². The molecule has 2 amide bonds. The second-order valence-corrected chi connectivity index (χ2v) is 10.2. The highest BCUT2D eigenvalue weighted by Crippen LogP contribution is 2.27. The molecule has 1 N–H and O–H groups in total. The summed E-state index contributed by atoms with van der Waals surface area (Å²) in [5.41, 5.74) is 1.35. The quantitative estimate of drug-likeness (QED) is 0.451. The molecule has 0 radical (unpaired) electrons. The normalized spacial score (nSPS) is 12.4. The van der Waals surface area contributed by atoms with Crippen molar-refractivity contribution < 1.29 is 14.3 Å². The largest absolute Gasteiger partial charge is 0.484 e. The molecule has 1 unspecified atom stereocenters. The first-order chi connectivity index (χ1) is 15.4. The summed E-state index contributed by atoms with van der Waals surface area (Å²) in [7, 11) is 0. The van der Waals surface area contributed by atoms with Crippen molar-refractivity contribution in [1.29, 1.82) is 0 Å². The van der Waals surface area contributed by atoms with Crippen molar-refractivity contribution in [2.24, 2.45) is 0 Å². The number of halogens is 2. The Morgan fingerprint density at radius 3 is 2.09 bits per heavy atom. The number of carbonyl (C=O) groups is 2. The molecule has 0 aliphatic carbocycles. The van der Waals surface area contributed by atoms with Crippen LogP contribution >= 0.6 is 23.2 Å². The summed E-state index contributed by atoms with van der Waals surface area (Å²) in [5, 5.41) is 3.85. The topological polar surface area (TPSA) is 58.6 Å². The Morgan fingerprint density at radius 1 is 1.03 bits per heavy atom. The molecule has 0 aliphatic rings. The minimum absolute atomic E-state index is 0.100. The Morgan fingerprint density at radius 2 is 1.61 bits per heavy atom. The molecule has 7 heteroatoms. The van der Waals surface area contributed by atoms with Crippen LogP contribution in [0.15, 0.2) is 42.5 Å². The van der Waals surface area contributed by atoms with E-state index in [-0.39, 0.29) is 25.0 Å². The third-order valence-corrected chi connectivity index (χ3v) is 5.89. The van der Waals surface area contributed by atoms with Crippen LogP contribution in [0, 0.1) is 0 Å². The van der Waals surface area contributed by atoms with Gasteiger partial charge in [0.25, 0.3) is 5.91 Å². The van der Waals surface area contributed by atoms with Crippen LogP contribution in [0.4, 0.5) is 0 Å². The monoisotopic (exact) mass is 492 g/mol. The van der Waals surface area contributed by atoms with E-state index in [0.717, 1.165) is 0 Å². The molecule has 180 valence electrons. The SMILES string of the molecule is CCC(C(=O)NC(C)(C)C)N(Cc1c(Cl)cccc1Cl)C(=O)COc1ccc(C(C)C)cc1. The third kappa shape index (κ3) is 7.94. The van der Waals surface area contributed by atoms with Crippen molar-refractivity contribution in [3.05, 3.63) is 63.6 Å². The van der Waals surface area contributed by atoms with Gasteiger partial charge >= 0.3 is 0 Å². The van der Waals surface area contributed by atoms with E-state index in [4.69, 9.17) is 27.9 Å². The van der Waals surface area contributed by atoms with Gasteiger partial charge in [-0.25, -0.2) is 0 Å². The summed E-state index contributed by atoms with van der Waals surface area (Å²) in [6.45, 7) is 11.7. The molecule has 1 atom stereocenters. The van der Waals surface area contributed by atoms with Crippen LogP contribution in [0.25, 0.3) is 0 Å². The van der Waals surface area contributed by atoms with Gasteiger partial charge in [-0.15, -0.1) is 0 Å². The molecule has 5 nitrogen and oxygen atoms in total. The molecule has 0 saturated carbocycles. The zero-order chi connectivity index (χ0) is 24.8. The fraction of sp³-hybridized carbons (Fsp3) is 0.462. The van der Waals surface area contributed by atoms with Crippen molar-refractivity contribution in [3.63, 3.8) is 0 Å². The summed E-state index contributed by atoms with van der Waals surface area (Å²) in [5.74, 6) is 0.441. The number of hydrogen-bond acceptors (Lipinski definition) is 3. The van der Waals surface area contributed by atoms with Crippen LogP contribution in [0.2, 0.25) is 10.0 Å². The average Bonchev–Trinajstić information content (AvgIpc) is 2.73. The molecule has 33 heavy (non-hydrogen) atoms. The molecule has 2 aromatic rings. The molecule has 0 aromatic heterocycles. The molecule has 2 aromatic carbocycles. The molecule has 0 bridgehead atoms. The zero-order valence-electron chi connectivity index (χ0n) is 20.2. The molecule has 0 fully saturated rings. The first-order valence-electron chi connectivity index (χ1n) is 11.2. The first kappa shape index (κ1) is 27.0. The van der Waals surface area contributed by atoms with Crippen LogP contribution in [0.5, 0.6) is 5.75 Å². The molecule has 0 aliphatic heterocycles. The van der Waals surface area contributed by atoms with Gasteiger partial charge in [-0.3, -0.25) is 9.59 Å². The lowest BCUT2D eigenvalue weighted by Gasteiger charge is -2.33. The standard InChI is InChI=1S/C26H34Cl2N2O3/c1-7-23(25(32)29-26(4,5)6)30(15-20-21(27)9-8-10-22(20)28)24(31)16-33-19-13-11-18(12-14-19)17(2)3/h8-14,17,23H,7,15-16H2,1-6H3,(H,29,32). The number of carbonyl (C=O) groups excluding carboxylic acids is 2. The van der Waals surface area contributed by atoms with Crippen LogP contribution in [-0.2, 0) is 16.1 Å². The minimum atomic E-state index is -0.698. The summed E-state index contributed by atoms with van der Waals surface area (Å²) in [4.78, 5) is 27.9. The van der Waals surface area contributed by atoms with Crippen LogP contribution in [-0.4, -0.2) is 34.9 Å². The highest BCUT2D eigenvalue weighted by Gasteiger charge is 2.31. The van der Waals surface area contributed by atoms with E-state index in [2.05, 4.69) is 19.2 Å². The first-order valence-corrected chi connectivity index (χ1v) is 12.0. The van der Waals surface area contributed by atoms with Crippen molar-refractivity contribution in [2.75, 3.05) is 6.61 Å². The third-order valence-electron chi connectivity index (χ3n) is 5.18. The van der Waals surface area contributed by atoms with E-state index in [1.807, 2.05) is 52.0 Å². The highest BCUT2D eigenvalue weighted by atomic mass is 35.5. The van der Waals surface area contributed by atoms with Crippen LogP contribution < -0.4 is 10.1 Å². The van der Waals surface area contributed by atoms with E-state index < -0.39 is 11.6 Å². The van der Waals surface area contributed by atoms with Gasteiger partial charge < -0.3 is 15.0 Å². The maximum atomic E-state index is 13.3. The Bertz CT molecular complexity index is 933. The van der Waals surface area contributed by atoms with E-state index in [0.29, 0.717) is 33.7 Å². The van der Waals surface area contributed by atoms with Gasteiger partial charge in [0, 0.05) is 27.7 Å². The maximum absolute atomic E-state index is 13.3. The smallest absolute Gasteiger partial charge is 0.261 e. The Hall–Kier alpha value is -2.24. The lowest BCUT2D eigenvalue weighted by atomic mass is 10.0. The van der Waals surface area contributed by atoms with E-state index in [1.165, 1.54) is 10.5 Å². The van der Waals surface area contributed by atoms with Gasteiger partial charge in [0.2, 0.25) is 5.91 Å². The average molecular weight is 493 g/mol. The molecule has 0 saturated heterocycles. The van der Waals surface area contributed by atoms with E-state index in [1.54, 1.807) is 18.2 Å². The summed E-state index contributed by atoms with van der Waals surface area (Å²) >= 11 is 12.7. The number of rotatable bonds is 9. The number of ether oxygens (including phenoxy) is 1. The van der Waals surface area contributed by atoms with Crippen molar-refractivity contribution >= 4 is 35.0 Å². The predicted octanol–water partition coefficient (Wildman–Crippen LogP) is 6.22. The highest BCUT2D eigenvalue weighted by molar-refractivity contribution is 6.36. The number of nitrogens with one attached hydrogen (secondary N) is 1.